The summed E-state index contributed by atoms with van der Waals surface area (Å²) in [6.07, 6.45) is 9.89. The summed E-state index contributed by atoms with van der Waals surface area (Å²) in [5.41, 5.74) is 0.589. The second-order valence-corrected chi connectivity index (χ2v) is 6.03. The van der Waals surface area contributed by atoms with Crippen LogP contribution in [-0.2, 0) is 0 Å². The van der Waals surface area contributed by atoms with Crippen LogP contribution in [0.3, 0.4) is 0 Å². The summed E-state index contributed by atoms with van der Waals surface area (Å²) < 4.78 is 0. The van der Waals surface area contributed by atoms with Gasteiger partial charge in [0.05, 0.1) is 0 Å². The molecule has 1 heteroatoms. The van der Waals surface area contributed by atoms with Crippen molar-refractivity contribution >= 4 is 0 Å². The topological polar surface area (TPSA) is 12.0 Å². The summed E-state index contributed by atoms with van der Waals surface area (Å²) in [7, 11) is 2.14. The minimum atomic E-state index is 0.589. The Bertz CT molecular complexity index is 168. The lowest BCUT2D eigenvalue weighted by molar-refractivity contribution is 0.214. The molecule has 15 heavy (non-hydrogen) atoms. The van der Waals surface area contributed by atoms with Gasteiger partial charge in [-0.3, -0.25) is 0 Å². The van der Waals surface area contributed by atoms with Gasteiger partial charge < -0.3 is 5.32 Å². The highest BCUT2D eigenvalue weighted by molar-refractivity contribution is 4.90. The van der Waals surface area contributed by atoms with Crippen molar-refractivity contribution in [2.75, 3.05) is 7.05 Å². The molecule has 1 nitrogen and oxygen atoms in total. The van der Waals surface area contributed by atoms with Crippen LogP contribution in [0.2, 0.25) is 0 Å². The van der Waals surface area contributed by atoms with Crippen LogP contribution in [0.4, 0.5) is 0 Å². The van der Waals surface area contributed by atoms with E-state index in [1.807, 2.05) is 0 Å². The zero-order chi connectivity index (χ0) is 11.3. The van der Waals surface area contributed by atoms with E-state index >= 15 is 0 Å². The Balaban J connectivity index is 2.34. The Morgan fingerprint density at radius 2 is 1.73 bits per heavy atom. The summed E-state index contributed by atoms with van der Waals surface area (Å²) in [5, 5.41) is 3.56. The predicted octanol–water partition coefficient (Wildman–Crippen LogP) is 3.98. The molecule has 0 aromatic heterocycles. The molecule has 0 aliphatic heterocycles. The molecular formula is C14H29N. The van der Waals surface area contributed by atoms with E-state index in [2.05, 4.69) is 33.1 Å². The SMILES string of the molecule is CNC(CCCC(C)C)C1(C)CCCC1. The van der Waals surface area contributed by atoms with Gasteiger partial charge in [0.25, 0.3) is 0 Å². The standard InChI is InChI=1S/C14H29N/c1-12(2)8-7-9-13(15-4)14(3)10-5-6-11-14/h12-13,15H,5-11H2,1-4H3. The van der Waals surface area contributed by atoms with Crippen molar-refractivity contribution in [3.8, 4) is 0 Å². The quantitative estimate of drug-likeness (QED) is 0.700. The van der Waals surface area contributed by atoms with Crippen molar-refractivity contribution in [1.82, 2.24) is 5.32 Å². The summed E-state index contributed by atoms with van der Waals surface area (Å²) in [6, 6.07) is 0.749. The maximum absolute atomic E-state index is 3.56. The average Bonchev–Trinajstić information content (AvgIpc) is 2.60. The fourth-order valence-electron chi connectivity index (χ4n) is 3.10. The van der Waals surface area contributed by atoms with E-state index in [0.29, 0.717) is 5.41 Å². The van der Waals surface area contributed by atoms with Crippen LogP contribution < -0.4 is 5.32 Å². The Morgan fingerprint density at radius 3 is 2.20 bits per heavy atom. The molecule has 0 amide bonds. The van der Waals surface area contributed by atoms with E-state index in [1.54, 1.807) is 0 Å². The minimum absolute atomic E-state index is 0.589. The van der Waals surface area contributed by atoms with Gasteiger partial charge in [-0.25, -0.2) is 0 Å². The molecule has 1 unspecified atom stereocenters. The molecule has 1 rings (SSSR count). The van der Waals surface area contributed by atoms with Crippen LogP contribution in [-0.4, -0.2) is 13.1 Å². The highest BCUT2D eigenvalue weighted by atomic mass is 14.9. The van der Waals surface area contributed by atoms with Gasteiger partial charge in [-0.15, -0.1) is 0 Å². The van der Waals surface area contributed by atoms with Gasteiger partial charge in [0.15, 0.2) is 0 Å². The molecule has 0 heterocycles. The zero-order valence-electron chi connectivity index (χ0n) is 11.1. The molecule has 1 atom stereocenters. The van der Waals surface area contributed by atoms with E-state index in [0.717, 1.165) is 12.0 Å². The third kappa shape index (κ3) is 3.79. The molecule has 0 aromatic rings. The zero-order valence-corrected chi connectivity index (χ0v) is 11.1. The van der Waals surface area contributed by atoms with Crippen LogP contribution in [0.25, 0.3) is 0 Å². The fourth-order valence-corrected chi connectivity index (χ4v) is 3.10. The first kappa shape index (κ1) is 13.0. The van der Waals surface area contributed by atoms with Gasteiger partial charge in [-0.05, 0) is 37.6 Å². The third-order valence-electron chi connectivity index (χ3n) is 4.21. The van der Waals surface area contributed by atoms with Crippen LogP contribution in [0, 0.1) is 11.3 Å². The smallest absolute Gasteiger partial charge is 0.0118 e. The molecule has 1 aliphatic rings. The maximum atomic E-state index is 3.56. The molecule has 0 aromatic carbocycles. The van der Waals surface area contributed by atoms with E-state index in [1.165, 1.54) is 44.9 Å². The van der Waals surface area contributed by atoms with Crippen LogP contribution in [0.15, 0.2) is 0 Å². The van der Waals surface area contributed by atoms with Crippen molar-refractivity contribution < 1.29 is 0 Å². The average molecular weight is 211 g/mol. The lowest BCUT2D eigenvalue weighted by Crippen LogP contribution is -2.40. The molecule has 0 bridgehead atoms. The molecule has 1 aliphatic carbocycles. The van der Waals surface area contributed by atoms with E-state index < -0.39 is 0 Å². The van der Waals surface area contributed by atoms with Gasteiger partial charge in [-0.1, -0.05) is 46.5 Å². The fraction of sp³-hybridized carbons (Fsp3) is 1.00. The maximum Gasteiger partial charge on any atom is 0.0118 e. The van der Waals surface area contributed by atoms with Gasteiger partial charge in [-0.2, -0.15) is 0 Å². The van der Waals surface area contributed by atoms with Crippen molar-refractivity contribution in [1.29, 1.82) is 0 Å². The second-order valence-electron chi connectivity index (χ2n) is 6.03. The van der Waals surface area contributed by atoms with E-state index in [9.17, 15) is 0 Å². The van der Waals surface area contributed by atoms with Gasteiger partial charge in [0.1, 0.15) is 0 Å². The Hall–Kier alpha value is -0.0400. The van der Waals surface area contributed by atoms with Crippen molar-refractivity contribution in [2.45, 2.75) is 71.8 Å². The summed E-state index contributed by atoms with van der Waals surface area (Å²) >= 11 is 0. The minimum Gasteiger partial charge on any atom is -0.316 e. The molecule has 1 N–H and O–H groups in total. The molecule has 0 spiro atoms. The van der Waals surface area contributed by atoms with Gasteiger partial charge in [0, 0.05) is 6.04 Å². The van der Waals surface area contributed by atoms with Crippen LogP contribution >= 0.6 is 0 Å². The number of hydrogen-bond donors (Lipinski definition) is 1. The number of hydrogen-bond acceptors (Lipinski definition) is 1. The van der Waals surface area contributed by atoms with E-state index in [4.69, 9.17) is 0 Å². The lowest BCUT2D eigenvalue weighted by Gasteiger charge is -2.34. The van der Waals surface area contributed by atoms with Gasteiger partial charge in [0.2, 0.25) is 0 Å². The summed E-state index contributed by atoms with van der Waals surface area (Å²) in [4.78, 5) is 0. The summed E-state index contributed by atoms with van der Waals surface area (Å²) in [6.45, 7) is 7.13. The Morgan fingerprint density at radius 1 is 1.13 bits per heavy atom. The lowest BCUT2D eigenvalue weighted by atomic mass is 9.78. The molecule has 0 saturated heterocycles. The number of nitrogens with one attached hydrogen (secondary N) is 1. The molecule has 90 valence electrons. The Labute approximate surface area is 96.0 Å². The molecule has 1 saturated carbocycles. The highest BCUT2D eigenvalue weighted by Gasteiger charge is 2.35. The van der Waals surface area contributed by atoms with Crippen LogP contribution in [0.1, 0.15) is 65.7 Å². The first-order chi connectivity index (χ1) is 7.08. The predicted molar refractivity (Wildman–Crippen MR) is 68.1 cm³/mol. The third-order valence-corrected chi connectivity index (χ3v) is 4.21. The molecule has 1 fully saturated rings. The molecular weight excluding hydrogens is 182 g/mol. The monoisotopic (exact) mass is 211 g/mol. The normalized spacial score (nSPS) is 22.2. The van der Waals surface area contributed by atoms with E-state index in [-0.39, 0.29) is 0 Å². The first-order valence-corrected chi connectivity index (χ1v) is 6.76. The van der Waals surface area contributed by atoms with Crippen molar-refractivity contribution in [3.05, 3.63) is 0 Å². The highest BCUT2D eigenvalue weighted by Crippen LogP contribution is 2.41. The van der Waals surface area contributed by atoms with Crippen molar-refractivity contribution in [3.63, 3.8) is 0 Å². The Kier molecular flexibility index (Phi) is 5.11. The molecule has 0 radical (unpaired) electrons. The largest absolute Gasteiger partial charge is 0.316 e. The summed E-state index contributed by atoms with van der Waals surface area (Å²) in [5.74, 6) is 0.860. The van der Waals surface area contributed by atoms with Gasteiger partial charge >= 0.3 is 0 Å². The van der Waals surface area contributed by atoms with Crippen molar-refractivity contribution in [2.24, 2.45) is 11.3 Å². The van der Waals surface area contributed by atoms with Crippen LogP contribution in [0.5, 0.6) is 0 Å². The second kappa shape index (κ2) is 5.89. The number of rotatable bonds is 6. The first-order valence-electron chi connectivity index (χ1n) is 6.76.